The normalized spacial score (nSPS) is 20.2. The van der Waals surface area contributed by atoms with E-state index in [-0.39, 0.29) is 28.2 Å². The molecule has 9 heteroatoms. The van der Waals surface area contributed by atoms with Gasteiger partial charge in [0, 0.05) is 53.0 Å². The predicted octanol–water partition coefficient (Wildman–Crippen LogP) is 3.67. The Bertz CT molecular complexity index is 1370. The SMILES string of the molecule is O=C(Nc1ccc(S(=O)(=O)N2C[C@@H]3C[C@@H](C2)c2cccc(=O)n2C3)cc1)c1ccc(Br)cc1. The van der Waals surface area contributed by atoms with E-state index in [0.29, 0.717) is 30.9 Å². The molecule has 2 aliphatic rings. The van der Waals surface area contributed by atoms with Gasteiger partial charge in [-0.1, -0.05) is 22.0 Å². The zero-order valence-corrected chi connectivity index (χ0v) is 20.1. The zero-order chi connectivity index (χ0) is 23.2. The molecule has 0 spiro atoms. The molecular weight excluding hydrogens is 506 g/mol. The first-order chi connectivity index (χ1) is 15.8. The zero-order valence-electron chi connectivity index (χ0n) is 17.6. The summed E-state index contributed by atoms with van der Waals surface area (Å²) >= 11 is 3.34. The van der Waals surface area contributed by atoms with Crippen LogP contribution in [0.25, 0.3) is 0 Å². The van der Waals surface area contributed by atoms with Crippen LogP contribution in [0, 0.1) is 5.92 Å². The van der Waals surface area contributed by atoms with Crippen molar-refractivity contribution < 1.29 is 13.2 Å². The summed E-state index contributed by atoms with van der Waals surface area (Å²) in [4.78, 5) is 24.8. The second kappa shape index (κ2) is 8.55. The van der Waals surface area contributed by atoms with Gasteiger partial charge in [0.25, 0.3) is 11.5 Å². The van der Waals surface area contributed by atoms with E-state index in [4.69, 9.17) is 0 Å². The minimum Gasteiger partial charge on any atom is -0.322 e. The molecular formula is C24H22BrN3O4S. The molecule has 2 bridgehead atoms. The molecule has 0 radical (unpaired) electrons. The smallest absolute Gasteiger partial charge is 0.255 e. The van der Waals surface area contributed by atoms with Gasteiger partial charge >= 0.3 is 0 Å². The van der Waals surface area contributed by atoms with Crippen LogP contribution in [0.2, 0.25) is 0 Å². The molecule has 2 atom stereocenters. The van der Waals surface area contributed by atoms with Gasteiger partial charge in [0.1, 0.15) is 0 Å². The number of pyridine rings is 1. The fourth-order valence-corrected chi connectivity index (χ4v) is 6.54. The Morgan fingerprint density at radius 2 is 1.67 bits per heavy atom. The summed E-state index contributed by atoms with van der Waals surface area (Å²) < 4.78 is 30.9. The lowest BCUT2D eigenvalue weighted by Gasteiger charge is -2.42. The van der Waals surface area contributed by atoms with Crippen molar-refractivity contribution in [2.45, 2.75) is 23.8 Å². The minimum atomic E-state index is -3.69. The standard InChI is InChI=1S/C24H22BrN3O4S/c25-19-6-4-17(5-7-19)24(30)26-20-8-10-21(11-9-20)33(31,32)27-13-16-12-18(15-27)22-2-1-3-23(29)28(22)14-16/h1-11,16,18H,12-15H2,(H,26,30)/t16-,18-/m0/s1. The predicted molar refractivity (Wildman–Crippen MR) is 129 cm³/mol. The largest absolute Gasteiger partial charge is 0.322 e. The molecule has 33 heavy (non-hydrogen) atoms. The number of nitrogens with one attached hydrogen (secondary N) is 1. The van der Waals surface area contributed by atoms with Crippen LogP contribution in [0.15, 0.2) is 80.9 Å². The number of halogens is 1. The Balaban J connectivity index is 1.33. The lowest BCUT2D eigenvalue weighted by molar-refractivity contribution is 0.102. The third-order valence-electron chi connectivity index (χ3n) is 6.30. The van der Waals surface area contributed by atoms with Crippen molar-refractivity contribution in [3.05, 3.63) is 92.8 Å². The number of rotatable bonds is 4. The third kappa shape index (κ3) is 4.28. The number of sulfonamides is 1. The molecule has 1 N–H and O–H groups in total. The quantitative estimate of drug-likeness (QED) is 0.560. The van der Waals surface area contributed by atoms with Gasteiger partial charge in [0.05, 0.1) is 4.90 Å². The summed E-state index contributed by atoms with van der Waals surface area (Å²) in [5.74, 6) is -0.155. The number of hydrogen-bond donors (Lipinski definition) is 1. The third-order valence-corrected chi connectivity index (χ3v) is 8.68. The van der Waals surface area contributed by atoms with Crippen LogP contribution >= 0.6 is 15.9 Å². The first kappa shape index (κ1) is 22.1. The number of anilines is 1. The van der Waals surface area contributed by atoms with Crippen molar-refractivity contribution in [2.24, 2.45) is 5.92 Å². The highest BCUT2D eigenvalue weighted by atomic mass is 79.9. The van der Waals surface area contributed by atoms with Crippen molar-refractivity contribution in [3.8, 4) is 0 Å². The Morgan fingerprint density at radius 3 is 2.39 bits per heavy atom. The van der Waals surface area contributed by atoms with Crippen LogP contribution in [0.1, 0.15) is 28.4 Å². The molecule has 1 aromatic heterocycles. The van der Waals surface area contributed by atoms with Gasteiger partial charge < -0.3 is 9.88 Å². The number of benzene rings is 2. The monoisotopic (exact) mass is 527 g/mol. The molecule has 3 heterocycles. The number of aromatic nitrogens is 1. The van der Waals surface area contributed by atoms with E-state index in [1.54, 1.807) is 53.1 Å². The number of nitrogens with zero attached hydrogens (tertiary/aromatic N) is 2. The van der Waals surface area contributed by atoms with Crippen molar-refractivity contribution in [1.82, 2.24) is 8.87 Å². The highest BCUT2D eigenvalue weighted by molar-refractivity contribution is 9.10. The van der Waals surface area contributed by atoms with Gasteiger partial charge in [-0.15, -0.1) is 0 Å². The van der Waals surface area contributed by atoms with Gasteiger partial charge in [-0.2, -0.15) is 4.31 Å². The van der Waals surface area contributed by atoms with Crippen LogP contribution in [0.3, 0.4) is 0 Å². The molecule has 170 valence electrons. The summed E-state index contributed by atoms with van der Waals surface area (Å²) in [6.07, 6.45) is 0.885. The van der Waals surface area contributed by atoms with Crippen molar-refractivity contribution in [3.63, 3.8) is 0 Å². The van der Waals surface area contributed by atoms with E-state index in [1.165, 1.54) is 16.4 Å². The van der Waals surface area contributed by atoms with Gasteiger partial charge in [0.2, 0.25) is 10.0 Å². The molecule has 0 unspecified atom stereocenters. The highest BCUT2D eigenvalue weighted by Gasteiger charge is 2.39. The van der Waals surface area contributed by atoms with Gasteiger partial charge in [-0.25, -0.2) is 8.42 Å². The summed E-state index contributed by atoms with van der Waals surface area (Å²) in [5, 5.41) is 2.79. The second-order valence-electron chi connectivity index (χ2n) is 8.51. The number of fused-ring (bicyclic) bond motifs is 4. The Morgan fingerprint density at radius 1 is 0.939 bits per heavy atom. The van der Waals surface area contributed by atoms with E-state index in [1.807, 2.05) is 6.07 Å². The molecule has 0 saturated carbocycles. The first-order valence-corrected chi connectivity index (χ1v) is 12.9. The molecule has 3 aromatic rings. The van der Waals surface area contributed by atoms with Crippen LogP contribution in [0.4, 0.5) is 5.69 Å². The highest BCUT2D eigenvalue weighted by Crippen LogP contribution is 2.37. The van der Waals surface area contributed by atoms with E-state index in [9.17, 15) is 18.0 Å². The molecule has 5 rings (SSSR count). The van der Waals surface area contributed by atoms with E-state index in [0.717, 1.165) is 16.6 Å². The molecule has 2 aromatic carbocycles. The van der Waals surface area contributed by atoms with E-state index in [2.05, 4.69) is 21.2 Å². The molecule has 1 amide bonds. The van der Waals surface area contributed by atoms with Crippen LogP contribution in [-0.4, -0.2) is 36.3 Å². The summed E-state index contributed by atoms with van der Waals surface area (Å²) in [5.41, 5.74) is 1.91. The van der Waals surface area contributed by atoms with Crippen LogP contribution in [-0.2, 0) is 16.6 Å². The van der Waals surface area contributed by atoms with Crippen molar-refractivity contribution in [1.29, 1.82) is 0 Å². The van der Waals surface area contributed by atoms with Gasteiger partial charge in [0.15, 0.2) is 0 Å². The molecule has 2 aliphatic heterocycles. The van der Waals surface area contributed by atoms with Crippen molar-refractivity contribution >= 4 is 37.5 Å². The average Bonchev–Trinajstić information content (AvgIpc) is 2.80. The summed E-state index contributed by atoms with van der Waals surface area (Å²) in [7, 11) is -3.69. The average molecular weight is 528 g/mol. The van der Waals surface area contributed by atoms with E-state index < -0.39 is 10.0 Å². The maximum Gasteiger partial charge on any atom is 0.255 e. The van der Waals surface area contributed by atoms with Crippen LogP contribution in [0.5, 0.6) is 0 Å². The maximum atomic E-state index is 13.3. The number of hydrogen-bond acceptors (Lipinski definition) is 4. The molecule has 1 saturated heterocycles. The fourth-order valence-electron chi connectivity index (χ4n) is 4.71. The topological polar surface area (TPSA) is 88.5 Å². The fraction of sp³-hybridized carbons (Fsp3) is 0.250. The minimum absolute atomic E-state index is 0.00523. The summed E-state index contributed by atoms with van der Waals surface area (Å²) in [6.45, 7) is 1.28. The lowest BCUT2D eigenvalue weighted by atomic mass is 9.84. The molecule has 0 aliphatic carbocycles. The second-order valence-corrected chi connectivity index (χ2v) is 11.4. The Labute approximate surface area is 200 Å². The molecule has 1 fully saturated rings. The number of carbonyl (C=O) groups is 1. The summed E-state index contributed by atoms with van der Waals surface area (Å²) in [6, 6.07) is 18.4. The van der Waals surface area contributed by atoms with Crippen LogP contribution < -0.4 is 10.9 Å². The van der Waals surface area contributed by atoms with Crippen molar-refractivity contribution in [2.75, 3.05) is 18.4 Å². The van der Waals surface area contributed by atoms with Gasteiger partial charge in [-0.3, -0.25) is 9.59 Å². The Kier molecular flexibility index (Phi) is 5.72. The maximum absolute atomic E-state index is 13.3. The lowest BCUT2D eigenvalue weighted by Crippen LogP contribution is -2.48. The van der Waals surface area contributed by atoms with E-state index >= 15 is 0 Å². The number of amides is 1. The number of carbonyl (C=O) groups excluding carboxylic acids is 1. The molecule has 7 nitrogen and oxygen atoms in total. The van der Waals surface area contributed by atoms with Gasteiger partial charge in [-0.05, 0) is 66.9 Å². The number of piperidine rings is 1. The first-order valence-electron chi connectivity index (χ1n) is 10.7. The Hall–Kier alpha value is -2.75.